The van der Waals surface area contributed by atoms with Gasteiger partial charge >= 0.3 is 5.97 Å². The van der Waals surface area contributed by atoms with Crippen molar-refractivity contribution in [1.82, 2.24) is 10.2 Å². The molecule has 0 aliphatic heterocycles. The van der Waals surface area contributed by atoms with Crippen LogP contribution in [0.2, 0.25) is 0 Å². The molecule has 2 N–H and O–H groups in total. The molecular formula is C8H11N3O2S2. The highest BCUT2D eigenvalue weighted by molar-refractivity contribution is 8.01. The Morgan fingerprint density at radius 1 is 1.73 bits per heavy atom. The van der Waals surface area contributed by atoms with Crippen LogP contribution in [0.25, 0.3) is 0 Å². The molecule has 2 atom stereocenters. The summed E-state index contributed by atoms with van der Waals surface area (Å²) >= 11 is 2.61. The zero-order valence-electron chi connectivity index (χ0n) is 8.14. The molecule has 1 aromatic heterocycles. The SMILES string of the molecule is CC1CC1Nc1nnc(SCC(=O)O)s1. The summed E-state index contributed by atoms with van der Waals surface area (Å²) in [5.41, 5.74) is 0. The first-order chi connectivity index (χ1) is 7.15. The Balaban J connectivity index is 1.83. The Morgan fingerprint density at radius 2 is 2.47 bits per heavy atom. The minimum atomic E-state index is -0.833. The lowest BCUT2D eigenvalue weighted by molar-refractivity contribution is -0.133. The molecule has 2 unspecified atom stereocenters. The summed E-state index contributed by atoms with van der Waals surface area (Å²) in [6, 6.07) is 0.523. The van der Waals surface area contributed by atoms with Gasteiger partial charge in [0.25, 0.3) is 0 Å². The number of anilines is 1. The molecule has 1 aromatic rings. The molecule has 15 heavy (non-hydrogen) atoms. The number of rotatable bonds is 5. The summed E-state index contributed by atoms with van der Waals surface area (Å²) in [6.07, 6.45) is 1.18. The van der Waals surface area contributed by atoms with E-state index in [4.69, 9.17) is 5.11 Å². The number of nitrogens with one attached hydrogen (secondary N) is 1. The van der Waals surface area contributed by atoms with Crippen molar-refractivity contribution in [2.24, 2.45) is 5.92 Å². The Hall–Kier alpha value is -0.820. The van der Waals surface area contributed by atoms with Crippen LogP contribution in [0.15, 0.2) is 4.34 Å². The maximum Gasteiger partial charge on any atom is 0.313 e. The number of nitrogens with zero attached hydrogens (tertiary/aromatic N) is 2. The molecule has 82 valence electrons. The second-order valence-corrected chi connectivity index (χ2v) is 5.72. The minimum Gasteiger partial charge on any atom is -0.481 e. The number of thioether (sulfide) groups is 1. The van der Waals surface area contributed by atoms with Gasteiger partial charge in [-0.2, -0.15) is 0 Å². The lowest BCUT2D eigenvalue weighted by atomic mass is 10.5. The number of carboxylic acids is 1. The van der Waals surface area contributed by atoms with Crippen LogP contribution < -0.4 is 5.32 Å². The number of carboxylic acid groups (broad SMARTS) is 1. The van der Waals surface area contributed by atoms with Crippen molar-refractivity contribution in [1.29, 1.82) is 0 Å². The number of aromatic nitrogens is 2. The van der Waals surface area contributed by atoms with Gasteiger partial charge in [-0.05, 0) is 12.3 Å². The number of hydrogen-bond donors (Lipinski definition) is 2. The molecule has 1 heterocycles. The van der Waals surface area contributed by atoms with Crippen molar-refractivity contribution < 1.29 is 9.90 Å². The summed E-state index contributed by atoms with van der Waals surface area (Å²) in [5, 5.41) is 20.4. The summed E-state index contributed by atoms with van der Waals surface area (Å²) < 4.78 is 0.702. The van der Waals surface area contributed by atoms with Gasteiger partial charge in [-0.25, -0.2) is 0 Å². The third kappa shape index (κ3) is 3.07. The van der Waals surface area contributed by atoms with Crippen LogP contribution in [-0.2, 0) is 4.79 Å². The van der Waals surface area contributed by atoms with E-state index in [1.807, 2.05) is 0 Å². The van der Waals surface area contributed by atoms with Gasteiger partial charge in [0, 0.05) is 6.04 Å². The van der Waals surface area contributed by atoms with Crippen molar-refractivity contribution >= 4 is 34.2 Å². The van der Waals surface area contributed by atoms with Gasteiger partial charge in [0.2, 0.25) is 5.13 Å². The first-order valence-corrected chi connectivity index (χ1v) is 6.40. The number of hydrogen-bond acceptors (Lipinski definition) is 6. The molecule has 0 saturated heterocycles. The van der Waals surface area contributed by atoms with E-state index in [9.17, 15) is 4.79 Å². The van der Waals surface area contributed by atoms with E-state index in [2.05, 4.69) is 22.4 Å². The third-order valence-corrected chi connectivity index (χ3v) is 4.12. The molecule has 0 amide bonds. The highest BCUT2D eigenvalue weighted by Gasteiger charge is 2.33. The smallest absolute Gasteiger partial charge is 0.313 e. The van der Waals surface area contributed by atoms with Crippen LogP contribution >= 0.6 is 23.1 Å². The van der Waals surface area contributed by atoms with Gasteiger partial charge in [0.15, 0.2) is 4.34 Å². The van der Waals surface area contributed by atoms with Gasteiger partial charge in [-0.15, -0.1) is 10.2 Å². The highest BCUT2D eigenvalue weighted by Crippen LogP contribution is 2.34. The van der Waals surface area contributed by atoms with E-state index < -0.39 is 5.97 Å². The van der Waals surface area contributed by atoms with E-state index in [1.165, 1.54) is 29.5 Å². The average Bonchev–Trinajstić information content (AvgIpc) is 2.69. The van der Waals surface area contributed by atoms with Crippen LogP contribution in [-0.4, -0.2) is 33.1 Å². The molecule has 7 heteroatoms. The monoisotopic (exact) mass is 245 g/mol. The van der Waals surface area contributed by atoms with Crippen molar-refractivity contribution in [3.63, 3.8) is 0 Å². The first-order valence-electron chi connectivity index (χ1n) is 4.60. The minimum absolute atomic E-state index is 0.0362. The van der Waals surface area contributed by atoms with Gasteiger partial charge in [-0.1, -0.05) is 30.0 Å². The van der Waals surface area contributed by atoms with E-state index in [0.717, 1.165) is 5.13 Å². The summed E-state index contributed by atoms with van der Waals surface area (Å²) in [5.74, 6) is -0.0846. The zero-order valence-corrected chi connectivity index (χ0v) is 9.77. The lowest BCUT2D eigenvalue weighted by Gasteiger charge is -1.95. The topological polar surface area (TPSA) is 75.1 Å². The standard InChI is InChI=1S/C8H11N3O2S2/c1-4-2-5(4)9-7-10-11-8(15-7)14-3-6(12)13/h4-5H,2-3H2,1H3,(H,9,10)(H,12,13). The van der Waals surface area contributed by atoms with Crippen LogP contribution in [0, 0.1) is 5.92 Å². The molecule has 0 spiro atoms. The fourth-order valence-electron chi connectivity index (χ4n) is 1.13. The predicted molar refractivity (Wildman–Crippen MR) is 59.5 cm³/mol. The van der Waals surface area contributed by atoms with Crippen molar-refractivity contribution in [2.45, 2.75) is 23.7 Å². The van der Waals surface area contributed by atoms with Crippen molar-refractivity contribution in [3.8, 4) is 0 Å². The lowest BCUT2D eigenvalue weighted by Crippen LogP contribution is -2.02. The van der Waals surface area contributed by atoms with E-state index >= 15 is 0 Å². The first kappa shape index (κ1) is 10.7. The van der Waals surface area contributed by atoms with Crippen LogP contribution in [0.3, 0.4) is 0 Å². The van der Waals surface area contributed by atoms with Gasteiger partial charge in [-0.3, -0.25) is 4.79 Å². The van der Waals surface area contributed by atoms with Gasteiger partial charge < -0.3 is 10.4 Å². The molecule has 1 aliphatic carbocycles. The summed E-state index contributed by atoms with van der Waals surface area (Å²) in [6.45, 7) is 2.18. The average molecular weight is 245 g/mol. The third-order valence-electron chi connectivity index (χ3n) is 2.14. The number of aliphatic carboxylic acids is 1. The van der Waals surface area contributed by atoms with Gasteiger partial charge in [0.1, 0.15) is 0 Å². The van der Waals surface area contributed by atoms with Crippen LogP contribution in [0.4, 0.5) is 5.13 Å². The molecule has 1 fully saturated rings. The van der Waals surface area contributed by atoms with Crippen molar-refractivity contribution in [2.75, 3.05) is 11.1 Å². The molecule has 0 bridgehead atoms. The molecule has 0 aromatic carbocycles. The molecule has 2 rings (SSSR count). The second-order valence-electron chi connectivity index (χ2n) is 3.52. The number of carbonyl (C=O) groups is 1. The quantitative estimate of drug-likeness (QED) is 0.766. The molecular weight excluding hydrogens is 234 g/mol. The Kier molecular flexibility index (Phi) is 3.11. The van der Waals surface area contributed by atoms with Crippen LogP contribution in [0.5, 0.6) is 0 Å². The van der Waals surface area contributed by atoms with Crippen LogP contribution in [0.1, 0.15) is 13.3 Å². The maximum atomic E-state index is 10.3. The second kappa shape index (κ2) is 4.36. The predicted octanol–water partition coefficient (Wildman–Crippen LogP) is 1.54. The fraction of sp³-hybridized carbons (Fsp3) is 0.625. The normalized spacial score (nSPS) is 23.8. The Bertz CT molecular complexity index is 369. The van der Waals surface area contributed by atoms with E-state index in [1.54, 1.807) is 0 Å². The Labute approximate surface area is 95.3 Å². The maximum absolute atomic E-state index is 10.3. The fourth-order valence-corrected chi connectivity index (χ4v) is 2.67. The highest BCUT2D eigenvalue weighted by atomic mass is 32.2. The van der Waals surface area contributed by atoms with E-state index in [0.29, 0.717) is 16.3 Å². The molecule has 1 aliphatic rings. The largest absolute Gasteiger partial charge is 0.481 e. The Morgan fingerprint density at radius 3 is 3.07 bits per heavy atom. The van der Waals surface area contributed by atoms with Gasteiger partial charge in [0.05, 0.1) is 5.75 Å². The molecule has 1 saturated carbocycles. The van der Waals surface area contributed by atoms with Crippen molar-refractivity contribution in [3.05, 3.63) is 0 Å². The summed E-state index contributed by atoms with van der Waals surface area (Å²) in [7, 11) is 0. The summed E-state index contributed by atoms with van der Waals surface area (Å²) in [4.78, 5) is 10.3. The molecule has 0 radical (unpaired) electrons. The zero-order chi connectivity index (χ0) is 10.8. The molecule has 5 nitrogen and oxygen atoms in total. The van der Waals surface area contributed by atoms with E-state index in [-0.39, 0.29) is 5.75 Å².